The van der Waals surface area contributed by atoms with Gasteiger partial charge in [0.2, 0.25) is 0 Å². The number of aromatic nitrogens is 1. The van der Waals surface area contributed by atoms with Crippen molar-refractivity contribution in [1.82, 2.24) is 4.98 Å². The number of nitrogens with zero attached hydrogens (tertiary/aromatic N) is 1. The molecule has 1 aromatic carbocycles. The lowest BCUT2D eigenvalue weighted by atomic mass is 10.2. The molecule has 1 N–H and O–H groups in total. The molecule has 5 heteroatoms. The first-order valence-electron chi connectivity index (χ1n) is 5.21. The molecule has 2 rings (SSSR count). The zero-order valence-corrected chi connectivity index (χ0v) is 10.1. The van der Waals surface area contributed by atoms with Gasteiger partial charge in [0.1, 0.15) is 12.4 Å². The van der Waals surface area contributed by atoms with Crippen LogP contribution in [0.15, 0.2) is 42.7 Å². The van der Waals surface area contributed by atoms with Crippen molar-refractivity contribution in [2.45, 2.75) is 6.61 Å². The van der Waals surface area contributed by atoms with Crippen LogP contribution in [0.3, 0.4) is 0 Å². The zero-order chi connectivity index (χ0) is 13.0. The fraction of sp³-hybridized carbons (Fsp3) is 0.0769. The summed E-state index contributed by atoms with van der Waals surface area (Å²) in [4.78, 5) is 14.6. The van der Waals surface area contributed by atoms with E-state index in [0.717, 1.165) is 5.56 Å². The Morgan fingerprint density at radius 2 is 2.00 bits per heavy atom. The van der Waals surface area contributed by atoms with Crippen LogP contribution in [0.4, 0.5) is 0 Å². The average Bonchev–Trinajstić information content (AvgIpc) is 2.37. The molecule has 0 fully saturated rings. The van der Waals surface area contributed by atoms with Crippen LogP contribution >= 0.6 is 11.6 Å². The molecule has 4 nitrogen and oxygen atoms in total. The maximum Gasteiger partial charge on any atom is 0.335 e. The van der Waals surface area contributed by atoms with Crippen molar-refractivity contribution in [3.05, 3.63) is 58.9 Å². The number of carboxylic acids is 1. The molecule has 0 radical (unpaired) electrons. The van der Waals surface area contributed by atoms with Crippen LogP contribution in [0.1, 0.15) is 15.9 Å². The summed E-state index contributed by atoms with van der Waals surface area (Å²) in [6.45, 7) is 0.333. The molecule has 0 saturated heterocycles. The van der Waals surface area contributed by atoms with Crippen LogP contribution < -0.4 is 4.74 Å². The van der Waals surface area contributed by atoms with E-state index in [1.807, 2.05) is 0 Å². The van der Waals surface area contributed by atoms with Gasteiger partial charge in [-0.1, -0.05) is 11.6 Å². The van der Waals surface area contributed by atoms with E-state index in [0.29, 0.717) is 17.4 Å². The monoisotopic (exact) mass is 263 g/mol. The second-order valence-corrected chi connectivity index (χ2v) is 4.07. The number of pyridine rings is 1. The standard InChI is InChI=1S/C13H10ClNO3/c14-11-5-9(6-15-7-11)8-18-12-3-1-10(2-4-12)13(16)17/h1-7H,8H2,(H,16,17). The summed E-state index contributed by atoms with van der Waals surface area (Å²) in [5.74, 6) is -0.361. The molecule has 0 spiro atoms. The fourth-order valence-electron chi connectivity index (χ4n) is 1.40. The van der Waals surface area contributed by atoms with E-state index < -0.39 is 5.97 Å². The predicted octanol–water partition coefficient (Wildman–Crippen LogP) is 3.01. The van der Waals surface area contributed by atoms with Crippen LogP contribution in [-0.4, -0.2) is 16.1 Å². The molecule has 0 unspecified atom stereocenters. The molecule has 0 aliphatic heterocycles. The molecule has 0 bridgehead atoms. The molecule has 18 heavy (non-hydrogen) atoms. The number of aromatic carboxylic acids is 1. The Labute approximate surface area is 109 Å². The van der Waals surface area contributed by atoms with Crippen molar-refractivity contribution in [2.24, 2.45) is 0 Å². The minimum absolute atomic E-state index is 0.228. The lowest BCUT2D eigenvalue weighted by molar-refractivity contribution is 0.0697. The highest BCUT2D eigenvalue weighted by atomic mass is 35.5. The number of halogens is 1. The third-order valence-corrected chi connectivity index (χ3v) is 2.47. The SMILES string of the molecule is O=C(O)c1ccc(OCc2cncc(Cl)c2)cc1. The topological polar surface area (TPSA) is 59.4 Å². The van der Waals surface area contributed by atoms with Crippen molar-refractivity contribution >= 4 is 17.6 Å². The quantitative estimate of drug-likeness (QED) is 0.921. The third-order valence-electron chi connectivity index (χ3n) is 2.27. The van der Waals surface area contributed by atoms with Crippen LogP contribution in [0.2, 0.25) is 5.02 Å². The lowest BCUT2D eigenvalue weighted by Gasteiger charge is -2.06. The Kier molecular flexibility index (Phi) is 3.79. The van der Waals surface area contributed by atoms with Crippen molar-refractivity contribution in [1.29, 1.82) is 0 Å². The summed E-state index contributed by atoms with van der Waals surface area (Å²) < 4.78 is 5.49. The Bertz CT molecular complexity index is 554. The molecule has 0 saturated carbocycles. The highest BCUT2D eigenvalue weighted by Crippen LogP contribution is 2.15. The smallest absolute Gasteiger partial charge is 0.335 e. The maximum absolute atomic E-state index is 10.7. The van der Waals surface area contributed by atoms with E-state index in [1.165, 1.54) is 12.1 Å². The molecule has 92 valence electrons. The van der Waals surface area contributed by atoms with E-state index in [1.54, 1.807) is 30.6 Å². The van der Waals surface area contributed by atoms with Crippen molar-refractivity contribution in [2.75, 3.05) is 0 Å². The summed E-state index contributed by atoms with van der Waals surface area (Å²) in [6.07, 6.45) is 3.21. The number of benzene rings is 1. The second-order valence-electron chi connectivity index (χ2n) is 3.63. The second kappa shape index (κ2) is 5.51. The lowest BCUT2D eigenvalue weighted by Crippen LogP contribution is -1.98. The summed E-state index contributed by atoms with van der Waals surface area (Å²) in [6, 6.07) is 7.98. The molecular formula is C13H10ClNO3. The van der Waals surface area contributed by atoms with Gasteiger partial charge < -0.3 is 9.84 Å². The first-order valence-corrected chi connectivity index (χ1v) is 5.58. The van der Waals surface area contributed by atoms with Gasteiger partial charge in [-0.15, -0.1) is 0 Å². The highest BCUT2D eigenvalue weighted by molar-refractivity contribution is 6.30. The van der Waals surface area contributed by atoms with Gasteiger partial charge >= 0.3 is 5.97 Å². The van der Waals surface area contributed by atoms with Crippen LogP contribution in [0, 0.1) is 0 Å². The summed E-state index contributed by atoms with van der Waals surface area (Å²) in [5, 5.41) is 9.30. The van der Waals surface area contributed by atoms with Gasteiger partial charge in [0.15, 0.2) is 0 Å². The van der Waals surface area contributed by atoms with E-state index in [2.05, 4.69) is 4.98 Å². The minimum Gasteiger partial charge on any atom is -0.489 e. The normalized spacial score (nSPS) is 10.1. The Hall–Kier alpha value is -2.07. The number of carbonyl (C=O) groups is 1. The zero-order valence-electron chi connectivity index (χ0n) is 9.34. The Morgan fingerprint density at radius 1 is 1.28 bits per heavy atom. The Balaban J connectivity index is 2.00. The molecule has 0 aliphatic carbocycles. The number of ether oxygens (including phenoxy) is 1. The van der Waals surface area contributed by atoms with Gasteiger partial charge in [-0.05, 0) is 30.3 Å². The predicted molar refractivity (Wildman–Crippen MR) is 67.0 cm³/mol. The number of hydrogen-bond donors (Lipinski definition) is 1. The summed E-state index contributed by atoms with van der Waals surface area (Å²) >= 11 is 5.80. The minimum atomic E-state index is -0.958. The molecule has 0 amide bonds. The first-order chi connectivity index (χ1) is 8.65. The molecular weight excluding hydrogens is 254 g/mol. The number of hydrogen-bond acceptors (Lipinski definition) is 3. The van der Waals surface area contributed by atoms with Crippen molar-refractivity contribution < 1.29 is 14.6 Å². The van der Waals surface area contributed by atoms with E-state index >= 15 is 0 Å². The van der Waals surface area contributed by atoms with Crippen LogP contribution in [0.25, 0.3) is 0 Å². The van der Waals surface area contributed by atoms with Gasteiger partial charge in [-0.25, -0.2) is 4.79 Å². The summed E-state index contributed by atoms with van der Waals surface area (Å²) in [5.41, 5.74) is 1.08. The fourth-order valence-corrected chi connectivity index (χ4v) is 1.59. The largest absolute Gasteiger partial charge is 0.489 e. The average molecular weight is 264 g/mol. The number of carboxylic acid groups (broad SMARTS) is 1. The van der Waals surface area contributed by atoms with Gasteiger partial charge in [0, 0.05) is 18.0 Å². The van der Waals surface area contributed by atoms with Crippen molar-refractivity contribution in [3.63, 3.8) is 0 Å². The maximum atomic E-state index is 10.7. The Morgan fingerprint density at radius 3 is 2.61 bits per heavy atom. The van der Waals surface area contributed by atoms with E-state index in [4.69, 9.17) is 21.4 Å². The van der Waals surface area contributed by atoms with E-state index in [-0.39, 0.29) is 5.56 Å². The van der Waals surface area contributed by atoms with E-state index in [9.17, 15) is 4.79 Å². The molecule has 0 atom stereocenters. The van der Waals surface area contributed by atoms with Gasteiger partial charge in [-0.3, -0.25) is 4.98 Å². The molecule has 1 heterocycles. The van der Waals surface area contributed by atoms with Gasteiger partial charge in [0.05, 0.1) is 10.6 Å². The first kappa shape index (κ1) is 12.4. The van der Waals surface area contributed by atoms with Crippen LogP contribution in [-0.2, 0) is 6.61 Å². The number of rotatable bonds is 4. The third kappa shape index (κ3) is 3.21. The van der Waals surface area contributed by atoms with Crippen LogP contribution in [0.5, 0.6) is 5.75 Å². The molecule has 2 aromatic rings. The highest BCUT2D eigenvalue weighted by Gasteiger charge is 2.02. The van der Waals surface area contributed by atoms with Gasteiger partial charge in [-0.2, -0.15) is 0 Å². The van der Waals surface area contributed by atoms with Crippen molar-refractivity contribution in [3.8, 4) is 5.75 Å². The summed E-state index contributed by atoms with van der Waals surface area (Å²) in [7, 11) is 0. The molecule has 1 aromatic heterocycles. The molecule has 0 aliphatic rings. The van der Waals surface area contributed by atoms with Gasteiger partial charge in [0.25, 0.3) is 0 Å².